The molecule has 0 amide bonds. The second-order valence-electron chi connectivity index (χ2n) is 5.60. The lowest BCUT2D eigenvalue weighted by molar-refractivity contribution is 0.355. The highest BCUT2D eigenvalue weighted by atomic mass is 32.2. The molecule has 1 aliphatic rings. The quantitative estimate of drug-likeness (QED) is 0.685. The molecule has 2 heterocycles. The van der Waals surface area contributed by atoms with Gasteiger partial charge in [0, 0.05) is 11.4 Å². The summed E-state index contributed by atoms with van der Waals surface area (Å²) in [6.45, 7) is 3.92. The maximum atomic E-state index is 6.32. The molecule has 1 fully saturated rings. The van der Waals surface area contributed by atoms with Gasteiger partial charge < -0.3 is 10.3 Å². The van der Waals surface area contributed by atoms with E-state index in [2.05, 4.69) is 20.1 Å². The first kappa shape index (κ1) is 14.5. The molecule has 0 bridgehead atoms. The van der Waals surface area contributed by atoms with Crippen LogP contribution in [0.4, 0.5) is 0 Å². The minimum absolute atomic E-state index is 0.400. The number of rotatable bonds is 4. The molecule has 0 radical (unpaired) electrons. The van der Waals surface area contributed by atoms with Crippen molar-refractivity contribution in [1.82, 2.24) is 20.1 Å². The Morgan fingerprint density at radius 3 is 2.52 bits per heavy atom. The van der Waals surface area contributed by atoms with Gasteiger partial charge in [-0.2, -0.15) is 4.98 Å². The Labute approximate surface area is 127 Å². The molecule has 2 N–H and O–H groups in total. The van der Waals surface area contributed by atoms with Gasteiger partial charge in [0.05, 0.1) is 11.3 Å². The second kappa shape index (κ2) is 5.73. The van der Waals surface area contributed by atoms with Crippen LogP contribution in [-0.2, 0) is 11.3 Å². The summed E-state index contributed by atoms with van der Waals surface area (Å²) in [5.41, 5.74) is 7.85. The molecular formula is C14H19N5OS. The van der Waals surface area contributed by atoms with Crippen molar-refractivity contribution in [2.45, 2.75) is 56.0 Å². The first-order valence-corrected chi connectivity index (χ1v) is 8.11. The molecule has 112 valence electrons. The van der Waals surface area contributed by atoms with Crippen LogP contribution in [0, 0.1) is 13.8 Å². The first-order valence-electron chi connectivity index (χ1n) is 7.12. The zero-order chi connectivity index (χ0) is 14.9. The molecule has 0 atom stereocenters. The summed E-state index contributed by atoms with van der Waals surface area (Å²) in [6.07, 6.45) is 4.12. The van der Waals surface area contributed by atoms with E-state index in [9.17, 15) is 0 Å². The molecule has 0 aromatic carbocycles. The van der Waals surface area contributed by atoms with Gasteiger partial charge in [-0.3, -0.25) is 0 Å². The molecule has 1 aliphatic carbocycles. The van der Waals surface area contributed by atoms with Crippen LogP contribution in [-0.4, -0.2) is 20.1 Å². The smallest absolute Gasteiger partial charge is 0.237 e. The number of nitrogens with two attached hydrogens (primary N) is 1. The van der Waals surface area contributed by atoms with E-state index >= 15 is 0 Å². The fourth-order valence-electron chi connectivity index (χ4n) is 2.63. The average molecular weight is 305 g/mol. The summed E-state index contributed by atoms with van der Waals surface area (Å²) >= 11 is 1.50. The molecule has 0 spiro atoms. The van der Waals surface area contributed by atoms with Crippen molar-refractivity contribution in [3.63, 3.8) is 0 Å². The lowest BCUT2D eigenvalue weighted by Gasteiger charge is -2.17. The summed E-state index contributed by atoms with van der Waals surface area (Å²) in [7, 11) is 0. The molecule has 7 heteroatoms. The molecule has 1 saturated carbocycles. The molecule has 0 unspecified atom stereocenters. The number of aryl methyl sites for hydroxylation is 2. The lowest BCUT2D eigenvalue weighted by atomic mass is 9.99. The molecule has 2 aromatic rings. The average Bonchev–Trinajstić information content (AvgIpc) is 3.05. The van der Waals surface area contributed by atoms with Crippen LogP contribution in [0.2, 0.25) is 0 Å². The van der Waals surface area contributed by atoms with Crippen LogP contribution in [0.3, 0.4) is 0 Å². The van der Waals surface area contributed by atoms with Crippen LogP contribution < -0.4 is 5.73 Å². The van der Waals surface area contributed by atoms with Crippen molar-refractivity contribution in [3.8, 4) is 0 Å². The van der Waals surface area contributed by atoms with Crippen molar-refractivity contribution in [1.29, 1.82) is 0 Å². The first-order chi connectivity index (χ1) is 10.0. The molecule has 2 aromatic heterocycles. The van der Waals surface area contributed by atoms with Gasteiger partial charge >= 0.3 is 0 Å². The zero-order valence-corrected chi connectivity index (χ0v) is 13.1. The summed E-state index contributed by atoms with van der Waals surface area (Å²) < 4.78 is 5.31. The van der Waals surface area contributed by atoms with Gasteiger partial charge in [-0.15, -0.1) is 0 Å². The second-order valence-corrected chi connectivity index (χ2v) is 6.54. The molecule has 0 aliphatic heterocycles. The molecule has 21 heavy (non-hydrogen) atoms. The highest BCUT2D eigenvalue weighted by Crippen LogP contribution is 2.34. The number of hydrogen-bond acceptors (Lipinski definition) is 7. The van der Waals surface area contributed by atoms with E-state index in [-0.39, 0.29) is 0 Å². The third-order valence-corrected chi connectivity index (χ3v) is 4.53. The predicted octanol–water partition coefficient (Wildman–Crippen LogP) is 2.50. The normalized spacial score (nSPS) is 17.3. The van der Waals surface area contributed by atoms with E-state index < -0.39 is 5.54 Å². The van der Waals surface area contributed by atoms with Crippen molar-refractivity contribution in [2.24, 2.45) is 5.73 Å². The zero-order valence-electron chi connectivity index (χ0n) is 12.3. The fraction of sp³-hybridized carbons (Fsp3) is 0.571. The Bertz CT molecular complexity index is 616. The minimum Gasteiger partial charge on any atom is -0.338 e. The third-order valence-electron chi connectivity index (χ3n) is 3.70. The number of hydrogen-bond donors (Lipinski definition) is 1. The van der Waals surface area contributed by atoms with Crippen molar-refractivity contribution in [3.05, 3.63) is 29.2 Å². The predicted molar refractivity (Wildman–Crippen MR) is 79.7 cm³/mol. The van der Waals surface area contributed by atoms with E-state index in [1.54, 1.807) is 0 Å². The van der Waals surface area contributed by atoms with E-state index in [0.29, 0.717) is 17.5 Å². The third kappa shape index (κ3) is 3.24. The monoisotopic (exact) mass is 305 g/mol. The molecule has 0 saturated heterocycles. The standard InChI is InChI=1S/C14H19N5OS/c1-9-7-10(2)17-13(16-9)21-8-11-18-12(19-20-11)14(15)5-3-4-6-14/h7H,3-6,8,15H2,1-2H3. The summed E-state index contributed by atoms with van der Waals surface area (Å²) in [6, 6.07) is 1.95. The highest BCUT2D eigenvalue weighted by molar-refractivity contribution is 7.98. The van der Waals surface area contributed by atoms with E-state index in [4.69, 9.17) is 10.3 Å². The summed E-state index contributed by atoms with van der Waals surface area (Å²) in [5, 5.41) is 4.78. The molecule has 6 nitrogen and oxygen atoms in total. The van der Waals surface area contributed by atoms with Crippen LogP contribution >= 0.6 is 11.8 Å². The maximum Gasteiger partial charge on any atom is 0.237 e. The van der Waals surface area contributed by atoms with Crippen molar-refractivity contribution in [2.75, 3.05) is 0 Å². The highest BCUT2D eigenvalue weighted by Gasteiger charge is 2.35. The molecular weight excluding hydrogens is 286 g/mol. The van der Waals surface area contributed by atoms with E-state index in [0.717, 1.165) is 42.2 Å². The number of nitrogens with zero attached hydrogens (tertiary/aromatic N) is 4. The largest absolute Gasteiger partial charge is 0.338 e. The van der Waals surface area contributed by atoms with Crippen LogP contribution in [0.15, 0.2) is 15.7 Å². The fourth-order valence-corrected chi connectivity index (χ4v) is 3.42. The summed E-state index contributed by atoms with van der Waals surface area (Å²) in [4.78, 5) is 13.2. The number of thioether (sulfide) groups is 1. The van der Waals surface area contributed by atoms with Crippen LogP contribution in [0.25, 0.3) is 0 Å². The van der Waals surface area contributed by atoms with Gasteiger partial charge in [-0.25, -0.2) is 9.97 Å². The summed E-state index contributed by atoms with van der Waals surface area (Å²) in [5.74, 6) is 1.78. The van der Waals surface area contributed by atoms with Crippen LogP contribution in [0.1, 0.15) is 48.8 Å². The minimum atomic E-state index is -0.400. The Morgan fingerprint density at radius 1 is 1.19 bits per heavy atom. The van der Waals surface area contributed by atoms with Gasteiger partial charge in [0.15, 0.2) is 11.0 Å². The van der Waals surface area contributed by atoms with Gasteiger partial charge in [0.2, 0.25) is 5.89 Å². The number of aromatic nitrogens is 4. The molecule has 3 rings (SSSR count). The van der Waals surface area contributed by atoms with Crippen molar-refractivity contribution < 1.29 is 4.52 Å². The Kier molecular flexibility index (Phi) is 3.95. The van der Waals surface area contributed by atoms with Gasteiger partial charge in [0.1, 0.15) is 0 Å². The Balaban J connectivity index is 1.67. The topological polar surface area (TPSA) is 90.7 Å². The SMILES string of the molecule is Cc1cc(C)nc(SCc2nc(C3(N)CCCC3)no2)n1. The lowest BCUT2D eigenvalue weighted by Crippen LogP contribution is -2.34. The van der Waals surface area contributed by atoms with Gasteiger partial charge in [0.25, 0.3) is 0 Å². The van der Waals surface area contributed by atoms with Gasteiger partial charge in [-0.1, -0.05) is 29.8 Å². The van der Waals surface area contributed by atoms with Crippen molar-refractivity contribution >= 4 is 11.8 Å². The Morgan fingerprint density at radius 2 is 1.86 bits per heavy atom. The maximum absolute atomic E-state index is 6.32. The van der Waals surface area contributed by atoms with Gasteiger partial charge in [-0.05, 0) is 32.8 Å². The Hall–Kier alpha value is -1.47. The van der Waals surface area contributed by atoms with Crippen LogP contribution in [0.5, 0.6) is 0 Å². The van der Waals surface area contributed by atoms with E-state index in [1.165, 1.54) is 11.8 Å². The van der Waals surface area contributed by atoms with E-state index in [1.807, 2.05) is 19.9 Å².